The SMILES string of the molecule is CC(C)c1cc(SC#N)c(O)c(C(=O)O)c1. The molecule has 0 aliphatic heterocycles. The predicted octanol–water partition coefficient (Wildman–Crippen LogP) is 2.79. The van der Waals surface area contributed by atoms with Gasteiger partial charge in [0.15, 0.2) is 0 Å². The molecule has 0 spiro atoms. The molecule has 0 radical (unpaired) electrons. The highest BCUT2D eigenvalue weighted by atomic mass is 32.2. The Morgan fingerprint density at radius 2 is 2.12 bits per heavy atom. The summed E-state index contributed by atoms with van der Waals surface area (Å²) in [5.74, 6) is -1.40. The third-order valence-electron chi connectivity index (χ3n) is 2.15. The number of aromatic hydroxyl groups is 1. The number of hydrogen-bond donors (Lipinski definition) is 2. The van der Waals surface area contributed by atoms with Crippen molar-refractivity contribution in [2.24, 2.45) is 0 Å². The molecular formula is C11H11NO3S. The molecule has 0 aromatic heterocycles. The van der Waals surface area contributed by atoms with Gasteiger partial charge in [0.2, 0.25) is 0 Å². The van der Waals surface area contributed by atoms with E-state index in [0.717, 1.165) is 17.3 Å². The van der Waals surface area contributed by atoms with Crippen LogP contribution in [0.3, 0.4) is 0 Å². The van der Waals surface area contributed by atoms with Gasteiger partial charge in [0.1, 0.15) is 16.7 Å². The van der Waals surface area contributed by atoms with Crippen molar-refractivity contribution in [2.45, 2.75) is 24.7 Å². The Bertz CT molecular complexity index is 463. The van der Waals surface area contributed by atoms with Gasteiger partial charge in [-0.25, -0.2) is 4.79 Å². The van der Waals surface area contributed by atoms with Gasteiger partial charge in [-0.05, 0) is 35.4 Å². The van der Waals surface area contributed by atoms with E-state index in [1.807, 2.05) is 19.2 Å². The zero-order valence-electron chi connectivity index (χ0n) is 8.89. The Hall–Kier alpha value is -1.67. The van der Waals surface area contributed by atoms with Crippen LogP contribution in [0.5, 0.6) is 5.75 Å². The summed E-state index contributed by atoms with van der Waals surface area (Å²) in [7, 11) is 0. The third kappa shape index (κ3) is 2.47. The Balaban J connectivity index is 3.40. The smallest absolute Gasteiger partial charge is 0.339 e. The summed E-state index contributed by atoms with van der Waals surface area (Å²) in [5, 5.41) is 28.9. The van der Waals surface area contributed by atoms with Crippen molar-refractivity contribution in [1.82, 2.24) is 0 Å². The fourth-order valence-corrected chi connectivity index (χ4v) is 1.75. The predicted molar refractivity (Wildman–Crippen MR) is 60.6 cm³/mol. The molecule has 84 valence electrons. The minimum atomic E-state index is -1.19. The maximum atomic E-state index is 10.9. The molecule has 0 amide bonds. The fourth-order valence-electron chi connectivity index (χ4n) is 1.25. The highest BCUT2D eigenvalue weighted by molar-refractivity contribution is 8.03. The first-order chi connectivity index (χ1) is 7.47. The van der Waals surface area contributed by atoms with Gasteiger partial charge < -0.3 is 10.2 Å². The van der Waals surface area contributed by atoms with E-state index in [1.165, 1.54) is 6.07 Å². The maximum absolute atomic E-state index is 10.9. The second-order valence-corrected chi connectivity index (χ2v) is 4.39. The summed E-state index contributed by atoms with van der Waals surface area (Å²) in [5.41, 5.74) is 0.622. The number of rotatable bonds is 3. The number of hydrogen-bond acceptors (Lipinski definition) is 4. The summed E-state index contributed by atoms with van der Waals surface area (Å²) >= 11 is 0.757. The lowest BCUT2D eigenvalue weighted by Gasteiger charge is -2.10. The summed E-state index contributed by atoms with van der Waals surface area (Å²) in [6, 6.07) is 3.07. The molecule has 1 rings (SSSR count). The van der Waals surface area contributed by atoms with E-state index < -0.39 is 5.97 Å². The van der Waals surface area contributed by atoms with Gasteiger partial charge in [-0.15, -0.1) is 0 Å². The molecule has 0 saturated carbocycles. The quantitative estimate of drug-likeness (QED) is 0.624. The summed E-state index contributed by atoms with van der Waals surface area (Å²) in [4.78, 5) is 11.2. The Morgan fingerprint density at radius 3 is 2.56 bits per heavy atom. The number of carbonyl (C=O) groups is 1. The third-order valence-corrected chi connectivity index (χ3v) is 2.77. The Morgan fingerprint density at radius 1 is 1.50 bits per heavy atom. The molecule has 0 heterocycles. The molecule has 1 aromatic rings. The summed E-state index contributed by atoms with van der Waals surface area (Å²) in [6.45, 7) is 3.83. The van der Waals surface area contributed by atoms with E-state index >= 15 is 0 Å². The van der Waals surface area contributed by atoms with Gasteiger partial charge in [-0.3, -0.25) is 0 Å². The Kier molecular flexibility index (Phi) is 3.80. The van der Waals surface area contributed by atoms with Crippen LogP contribution < -0.4 is 0 Å². The van der Waals surface area contributed by atoms with Gasteiger partial charge in [0, 0.05) is 0 Å². The van der Waals surface area contributed by atoms with E-state index in [9.17, 15) is 9.90 Å². The lowest BCUT2D eigenvalue weighted by atomic mass is 10.0. The van der Waals surface area contributed by atoms with Crippen LogP contribution in [-0.4, -0.2) is 16.2 Å². The highest BCUT2D eigenvalue weighted by Gasteiger charge is 2.17. The molecule has 1 aromatic carbocycles. The van der Waals surface area contributed by atoms with E-state index in [-0.39, 0.29) is 22.1 Å². The first-order valence-electron chi connectivity index (χ1n) is 4.63. The Labute approximate surface area is 97.5 Å². The van der Waals surface area contributed by atoms with Crippen molar-refractivity contribution >= 4 is 17.7 Å². The van der Waals surface area contributed by atoms with Gasteiger partial charge in [0.05, 0.1) is 4.90 Å². The normalized spacial score (nSPS) is 10.1. The monoisotopic (exact) mass is 237 g/mol. The highest BCUT2D eigenvalue weighted by Crippen LogP contribution is 2.34. The van der Waals surface area contributed by atoms with Gasteiger partial charge in [-0.1, -0.05) is 13.8 Å². The number of benzene rings is 1. The topological polar surface area (TPSA) is 81.3 Å². The van der Waals surface area contributed by atoms with Crippen LogP contribution in [0.2, 0.25) is 0 Å². The number of carboxylic acids is 1. The second kappa shape index (κ2) is 4.90. The van der Waals surface area contributed by atoms with Crippen LogP contribution in [0.1, 0.15) is 35.7 Å². The molecule has 0 aliphatic rings. The maximum Gasteiger partial charge on any atom is 0.339 e. The largest absolute Gasteiger partial charge is 0.506 e. The van der Waals surface area contributed by atoms with Gasteiger partial charge >= 0.3 is 5.97 Å². The molecule has 0 bridgehead atoms. The second-order valence-electron chi connectivity index (χ2n) is 3.57. The minimum Gasteiger partial charge on any atom is -0.506 e. The minimum absolute atomic E-state index is 0.136. The van der Waals surface area contributed by atoms with Crippen LogP contribution in [0.4, 0.5) is 0 Å². The zero-order valence-corrected chi connectivity index (χ0v) is 9.71. The molecule has 0 atom stereocenters. The standard InChI is InChI=1S/C11H11NO3S/c1-6(2)7-3-8(11(14)15)10(13)9(4-7)16-5-12/h3-4,6,13H,1-2H3,(H,14,15). The van der Waals surface area contributed by atoms with E-state index in [4.69, 9.17) is 10.4 Å². The van der Waals surface area contributed by atoms with Crippen LogP contribution in [-0.2, 0) is 0 Å². The van der Waals surface area contributed by atoms with E-state index in [0.29, 0.717) is 0 Å². The number of aromatic carboxylic acids is 1. The van der Waals surface area contributed by atoms with Crippen molar-refractivity contribution in [3.8, 4) is 11.2 Å². The average molecular weight is 237 g/mol. The molecule has 5 heteroatoms. The van der Waals surface area contributed by atoms with Crippen molar-refractivity contribution in [3.05, 3.63) is 23.3 Å². The molecule has 4 nitrogen and oxygen atoms in total. The van der Waals surface area contributed by atoms with Crippen LogP contribution in [0.25, 0.3) is 0 Å². The summed E-state index contributed by atoms with van der Waals surface area (Å²) in [6.07, 6.45) is 0. The number of nitrogens with zero attached hydrogens (tertiary/aromatic N) is 1. The van der Waals surface area contributed by atoms with Crippen LogP contribution >= 0.6 is 11.8 Å². The first-order valence-corrected chi connectivity index (χ1v) is 5.45. The zero-order chi connectivity index (χ0) is 12.3. The van der Waals surface area contributed by atoms with E-state index in [2.05, 4.69) is 0 Å². The molecule has 2 N–H and O–H groups in total. The van der Waals surface area contributed by atoms with Crippen LogP contribution in [0.15, 0.2) is 17.0 Å². The van der Waals surface area contributed by atoms with Crippen LogP contribution in [0, 0.1) is 10.7 Å². The fraction of sp³-hybridized carbons (Fsp3) is 0.273. The number of nitriles is 1. The molecular weight excluding hydrogens is 226 g/mol. The molecule has 0 unspecified atom stereocenters. The molecule has 0 aliphatic carbocycles. The average Bonchev–Trinajstić information content (AvgIpc) is 2.20. The number of carboxylic acid groups (broad SMARTS) is 1. The van der Waals surface area contributed by atoms with Crippen molar-refractivity contribution < 1.29 is 15.0 Å². The van der Waals surface area contributed by atoms with Crippen molar-refractivity contribution in [3.63, 3.8) is 0 Å². The van der Waals surface area contributed by atoms with Gasteiger partial charge in [-0.2, -0.15) is 5.26 Å². The van der Waals surface area contributed by atoms with Crippen molar-refractivity contribution in [1.29, 1.82) is 5.26 Å². The van der Waals surface area contributed by atoms with Crippen molar-refractivity contribution in [2.75, 3.05) is 0 Å². The lowest BCUT2D eigenvalue weighted by Crippen LogP contribution is -2.00. The number of phenols is 1. The lowest BCUT2D eigenvalue weighted by molar-refractivity contribution is 0.0693. The van der Waals surface area contributed by atoms with Gasteiger partial charge in [0.25, 0.3) is 0 Å². The first kappa shape index (κ1) is 12.4. The van der Waals surface area contributed by atoms with E-state index in [1.54, 1.807) is 6.07 Å². The molecule has 0 fully saturated rings. The number of thiocyanates is 1. The summed E-state index contributed by atoms with van der Waals surface area (Å²) < 4.78 is 0. The number of thioether (sulfide) groups is 1. The molecule has 0 saturated heterocycles. The molecule has 16 heavy (non-hydrogen) atoms.